The maximum atomic E-state index is 13.2. The minimum atomic E-state index is -0.531. The number of fused-ring (bicyclic) bond motifs is 8. The van der Waals surface area contributed by atoms with Gasteiger partial charge in [-0.2, -0.15) is 0 Å². The Morgan fingerprint density at radius 2 is 1.71 bits per heavy atom. The van der Waals surface area contributed by atoms with Crippen LogP contribution in [0.4, 0.5) is 0 Å². The van der Waals surface area contributed by atoms with E-state index in [9.17, 15) is 15.0 Å². The average Bonchev–Trinajstić information content (AvgIpc) is 3.09. The number of aliphatic hydroxyl groups excluding tert-OH is 1. The van der Waals surface area contributed by atoms with E-state index >= 15 is 0 Å². The van der Waals surface area contributed by atoms with Gasteiger partial charge in [0.1, 0.15) is 5.78 Å². The van der Waals surface area contributed by atoms with Gasteiger partial charge in [0.15, 0.2) is 0 Å². The molecular formula is C27H43NO3. The quantitative estimate of drug-likeness (QED) is 0.613. The number of carbonyl (C=O) groups is 1. The number of nitrogens with zero attached hydrogens (tertiary/aromatic N) is 1. The molecule has 0 spiro atoms. The van der Waals surface area contributed by atoms with E-state index < -0.39 is 5.60 Å². The SMILES string of the molecule is CC1C2CCC3C(CC4C3CC(=O)C3CC(O)CCC34C)C2CN2CC(C)(O)CCC12. The summed E-state index contributed by atoms with van der Waals surface area (Å²) < 4.78 is 0. The van der Waals surface area contributed by atoms with Crippen molar-refractivity contribution >= 4 is 5.78 Å². The summed E-state index contributed by atoms with van der Waals surface area (Å²) in [5, 5.41) is 21.1. The predicted molar refractivity (Wildman–Crippen MR) is 120 cm³/mol. The molecule has 174 valence electrons. The summed E-state index contributed by atoms with van der Waals surface area (Å²) in [6.07, 6.45) is 9.23. The third kappa shape index (κ3) is 3.06. The van der Waals surface area contributed by atoms with E-state index in [2.05, 4.69) is 18.7 Å². The van der Waals surface area contributed by atoms with Crippen LogP contribution in [0.2, 0.25) is 0 Å². The Labute approximate surface area is 188 Å². The highest BCUT2D eigenvalue weighted by molar-refractivity contribution is 5.83. The molecule has 6 rings (SSSR count). The van der Waals surface area contributed by atoms with E-state index in [4.69, 9.17) is 0 Å². The highest BCUT2D eigenvalue weighted by atomic mass is 16.3. The van der Waals surface area contributed by atoms with Gasteiger partial charge < -0.3 is 10.2 Å². The van der Waals surface area contributed by atoms with E-state index in [1.807, 2.05) is 6.92 Å². The fourth-order valence-corrected chi connectivity index (χ4v) is 10.3. The van der Waals surface area contributed by atoms with Crippen molar-refractivity contribution < 1.29 is 15.0 Å². The molecule has 0 bridgehead atoms. The first-order chi connectivity index (χ1) is 14.7. The molecule has 2 saturated heterocycles. The lowest BCUT2D eigenvalue weighted by Crippen LogP contribution is -2.61. The molecule has 12 atom stereocenters. The summed E-state index contributed by atoms with van der Waals surface area (Å²) in [6.45, 7) is 8.95. The molecule has 2 N–H and O–H groups in total. The number of carbonyl (C=O) groups excluding carboxylic acids is 1. The van der Waals surface area contributed by atoms with Crippen molar-refractivity contribution in [2.75, 3.05) is 13.1 Å². The van der Waals surface area contributed by atoms with Crippen molar-refractivity contribution in [3.63, 3.8) is 0 Å². The minimum absolute atomic E-state index is 0.0975. The smallest absolute Gasteiger partial charge is 0.136 e. The Morgan fingerprint density at radius 3 is 2.52 bits per heavy atom. The second-order valence-corrected chi connectivity index (χ2v) is 13.3. The standard InChI is InChI=1S/C27H43NO3/c1-15-17-4-5-18-19(21(17)13-28-14-26(2,31)8-7-24(15)28)11-22-20(18)12-25(30)23-10-16(29)6-9-27(22,23)3/h15-24,29,31H,4-14H2,1-3H3. The fraction of sp³-hybridized carbons (Fsp3) is 0.963. The third-order valence-corrected chi connectivity index (χ3v) is 11.8. The molecule has 6 fully saturated rings. The van der Waals surface area contributed by atoms with Crippen LogP contribution in [0.25, 0.3) is 0 Å². The maximum absolute atomic E-state index is 13.2. The number of rotatable bonds is 0. The van der Waals surface area contributed by atoms with E-state index in [1.54, 1.807) is 0 Å². The summed E-state index contributed by atoms with van der Waals surface area (Å²) in [5.41, 5.74) is -0.416. The molecule has 4 aliphatic carbocycles. The van der Waals surface area contributed by atoms with Gasteiger partial charge in [-0.15, -0.1) is 0 Å². The maximum Gasteiger partial charge on any atom is 0.136 e. The number of Topliss-reactive ketones (excluding diaryl/α,β-unsaturated/α-hetero) is 1. The second-order valence-electron chi connectivity index (χ2n) is 13.3. The number of hydrogen-bond acceptors (Lipinski definition) is 4. The second kappa shape index (κ2) is 7.03. The van der Waals surface area contributed by atoms with Crippen LogP contribution >= 0.6 is 0 Å². The van der Waals surface area contributed by atoms with Crippen LogP contribution in [0.5, 0.6) is 0 Å². The number of ketones is 1. The zero-order valence-corrected chi connectivity index (χ0v) is 19.8. The first-order valence-corrected chi connectivity index (χ1v) is 13.3. The highest BCUT2D eigenvalue weighted by Crippen LogP contribution is 2.66. The van der Waals surface area contributed by atoms with Crippen LogP contribution in [0.15, 0.2) is 0 Å². The van der Waals surface area contributed by atoms with E-state index in [1.165, 1.54) is 25.8 Å². The van der Waals surface area contributed by atoms with Crippen LogP contribution in [0.1, 0.15) is 78.6 Å². The van der Waals surface area contributed by atoms with Gasteiger partial charge in [-0.3, -0.25) is 9.69 Å². The molecule has 0 radical (unpaired) electrons. The molecule has 0 amide bonds. The Bertz CT molecular complexity index is 751. The summed E-state index contributed by atoms with van der Waals surface area (Å²) in [4.78, 5) is 15.9. The average molecular weight is 430 g/mol. The summed E-state index contributed by atoms with van der Waals surface area (Å²) in [5.74, 6) is 5.63. The van der Waals surface area contributed by atoms with Crippen molar-refractivity contribution in [2.24, 2.45) is 52.8 Å². The minimum Gasteiger partial charge on any atom is -0.393 e. The van der Waals surface area contributed by atoms with Crippen LogP contribution in [0, 0.1) is 52.8 Å². The topological polar surface area (TPSA) is 60.8 Å². The Hall–Kier alpha value is -0.450. The van der Waals surface area contributed by atoms with Gasteiger partial charge in [-0.25, -0.2) is 0 Å². The van der Waals surface area contributed by atoms with Crippen molar-refractivity contribution in [3.05, 3.63) is 0 Å². The molecule has 0 aromatic rings. The molecule has 12 unspecified atom stereocenters. The summed E-state index contributed by atoms with van der Waals surface area (Å²) in [7, 11) is 0. The first-order valence-electron chi connectivity index (χ1n) is 13.3. The molecule has 2 heterocycles. The zero-order valence-electron chi connectivity index (χ0n) is 19.8. The van der Waals surface area contributed by atoms with Crippen LogP contribution < -0.4 is 0 Å². The number of aliphatic hydroxyl groups is 2. The molecule has 6 aliphatic rings. The third-order valence-electron chi connectivity index (χ3n) is 11.8. The lowest BCUT2D eigenvalue weighted by atomic mass is 9.51. The van der Waals surface area contributed by atoms with Gasteiger partial charge >= 0.3 is 0 Å². The van der Waals surface area contributed by atoms with Gasteiger partial charge in [0.25, 0.3) is 0 Å². The van der Waals surface area contributed by atoms with E-state index in [0.717, 1.165) is 68.2 Å². The normalized spacial score (nSPS) is 59.2. The Kier molecular flexibility index (Phi) is 4.78. The zero-order chi connectivity index (χ0) is 21.7. The fourth-order valence-electron chi connectivity index (χ4n) is 10.3. The summed E-state index contributed by atoms with van der Waals surface area (Å²) in [6, 6.07) is 0.657. The largest absolute Gasteiger partial charge is 0.393 e. The lowest BCUT2D eigenvalue weighted by molar-refractivity contribution is -0.145. The van der Waals surface area contributed by atoms with E-state index in [-0.39, 0.29) is 17.4 Å². The molecule has 4 saturated carbocycles. The number of piperidine rings is 2. The van der Waals surface area contributed by atoms with Gasteiger partial charge in [0, 0.05) is 31.5 Å². The van der Waals surface area contributed by atoms with Crippen molar-refractivity contribution in [1.29, 1.82) is 0 Å². The van der Waals surface area contributed by atoms with Crippen molar-refractivity contribution in [2.45, 2.75) is 96.3 Å². The summed E-state index contributed by atoms with van der Waals surface area (Å²) >= 11 is 0. The molecular weight excluding hydrogens is 386 g/mol. The van der Waals surface area contributed by atoms with Gasteiger partial charge in [-0.1, -0.05) is 13.8 Å². The monoisotopic (exact) mass is 429 g/mol. The Balaban J connectivity index is 1.28. The lowest BCUT2D eigenvalue weighted by Gasteiger charge is -2.57. The van der Waals surface area contributed by atoms with Gasteiger partial charge in [0.05, 0.1) is 11.7 Å². The Morgan fingerprint density at radius 1 is 0.935 bits per heavy atom. The van der Waals surface area contributed by atoms with Gasteiger partial charge in [0.2, 0.25) is 0 Å². The molecule has 0 aromatic carbocycles. The molecule has 4 heteroatoms. The number of hydrogen-bond donors (Lipinski definition) is 2. The molecule has 31 heavy (non-hydrogen) atoms. The van der Waals surface area contributed by atoms with Crippen LogP contribution in [-0.2, 0) is 4.79 Å². The van der Waals surface area contributed by atoms with Gasteiger partial charge in [-0.05, 0) is 105 Å². The van der Waals surface area contributed by atoms with Crippen molar-refractivity contribution in [1.82, 2.24) is 4.90 Å². The first kappa shape index (κ1) is 21.1. The van der Waals surface area contributed by atoms with Crippen molar-refractivity contribution in [3.8, 4) is 0 Å². The van der Waals surface area contributed by atoms with Crippen LogP contribution in [0.3, 0.4) is 0 Å². The molecule has 0 aromatic heterocycles. The molecule has 2 aliphatic heterocycles. The highest BCUT2D eigenvalue weighted by Gasteiger charge is 2.63. The van der Waals surface area contributed by atoms with Crippen LogP contribution in [-0.4, -0.2) is 51.7 Å². The molecule has 4 nitrogen and oxygen atoms in total. The predicted octanol–water partition coefficient (Wildman–Crippen LogP) is 3.89. The van der Waals surface area contributed by atoms with E-state index in [0.29, 0.717) is 30.1 Å².